The highest BCUT2D eigenvalue weighted by Gasteiger charge is 2.47. The van der Waals surface area contributed by atoms with Gasteiger partial charge in [-0.15, -0.1) is 11.3 Å². The van der Waals surface area contributed by atoms with Crippen LogP contribution in [0.3, 0.4) is 0 Å². The van der Waals surface area contributed by atoms with Crippen molar-refractivity contribution >= 4 is 17.2 Å². The van der Waals surface area contributed by atoms with Gasteiger partial charge in [-0.05, 0) is 31.6 Å². The van der Waals surface area contributed by atoms with Crippen molar-refractivity contribution < 1.29 is 14.3 Å². The van der Waals surface area contributed by atoms with Gasteiger partial charge in [0.1, 0.15) is 17.9 Å². The molecule has 3 heterocycles. The van der Waals surface area contributed by atoms with E-state index in [4.69, 9.17) is 9.47 Å². The molecule has 0 bridgehead atoms. The lowest BCUT2D eigenvalue weighted by atomic mass is 10.0. The van der Waals surface area contributed by atoms with E-state index in [9.17, 15) is 4.79 Å². The summed E-state index contributed by atoms with van der Waals surface area (Å²) in [4.78, 5) is 18.8. The fourth-order valence-corrected chi connectivity index (χ4v) is 4.72. The zero-order valence-electron chi connectivity index (χ0n) is 13.4. The molecule has 0 radical (unpaired) electrons. The molecule has 4 rings (SSSR count). The molecule has 3 atom stereocenters. The molecule has 0 aromatic carbocycles. The van der Waals surface area contributed by atoms with Crippen molar-refractivity contribution in [3.05, 3.63) is 16.6 Å². The van der Waals surface area contributed by atoms with Crippen LogP contribution in [0.25, 0.3) is 0 Å². The van der Waals surface area contributed by atoms with E-state index < -0.39 is 0 Å². The lowest BCUT2D eigenvalue weighted by Gasteiger charge is -2.32. The summed E-state index contributed by atoms with van der Waals surface area (Å²) in [6, 6.07) is 0.145. The minimum absolute atomic E-state index is 0.0171. The van der Waals surface area contributed by atoms with Crippen molar-refractivity contribution in [3.63, 3.8) is 0 Å². The Morgan fingerprint density at radius 1 is 1.35 bits per heavy atom. The van der Waals surface area contributed by atoms with E-state index in [1.807, 2.05) is 10.3 Å². The van der Waals surface area contributed by atoms with E-state index in [1.54, 1.807) is 5.51 Å². The van der Waals surface area contributed by atoms with E-state index in [2.05, 4.69) is 4.98 Å². The number of nitrogens with zero attached hydrogens (tertiary/aromatic N) is 2. The molecule has 23 heavy (non-hydrogen) atoms. The summed E-state index contributed by atoms with van der Waals surface area (Å²) in [7, 11) is 0. The highest BCUT2D eigenvalue weighted by Crippen LogP contribution is 2.33. The zero-order valence-corrected chi connectivity index (χ0v) is 14.2. The number of likely N-dealkylation sites (tertiary alicyclic amines) is 1. The summed E-state index contributed by atoms with van der Waals surface area (Å²) in [5.41, 5.74) is 2.27. The van der Waals surface area contributed by atoms with Crippen LogP contribution in [-0.4, -0.2) is 53.8 Å². The fraction of sp³-hybridized carbons (Fsp3) is 0.765. The Balaban J connectivity index is 1.44. The second kappa shape index (κ2) is 6.87. The molecule has 0 unspecified atom stereocenters. The summed E-state index contributed by atoms with van der Waals surface area (Å²) >= 11 is 1.46. The maximum atomic E-state index is 12.7. The molecule has 0 N–H and O–H groups in total. The average molecular weight is 336 g/mol. The summed E-state index contributed by atoms with van der Waals surface area (Å²) in [6.45, 7) is 2.23. The van der Waals surface area contributed by atoms with Gasteiger partial charge >= 0.3 is 0 Å². The average Bonchev–Trinajstić information content (AvgIpc) is 3.32. The molecule has 1 saturated carbocycles. The topological polar surface area (TPSA) is 51.7 Å². The third-order valence-corrected chi connectivity index (χ3v) is 6.00. The van der Waals surface area contributed by atoms with Crippen LogP contribution in [0.5, 0.6) is 0 Å². The van der Waals surface area contributed by atoms with Gasteiger partial charge in [0.05, 0.1) is 18.1 Å². The molecule has 2 saturated heterocycles. The lowest BCUT2D eigenvalue weighted by Crippen LogP contribution is -2.44. The van der Waals surface area contributed by atoms with Crippen LogP contribution in [0.15, 0.2) is 10.9 Å². The van der Waals surface area contributed by atoms with Gasteiger partial charge in [0.2, 0.25) is 0 Å². The van der Waals surface area contributed by atoms with Crippen LogP contribution in [0.1, 0.15) is 49.0 Å². The summed E-state index contributed by atoms with van der Waals surface area (Å²) < 4.78 is 12.2. The maximum Gasteiger partial charge on any atom is 0.273 e. The highest BCUT2D eigenvalue weighted by molar-refractivity contribution is 7.07. The lowest BCUT2D eigenvalue weighted by molar-refractivity contribution is -0.0821. The van der Waals surface area contributed by atoms with Crippen molar-refractivity contribution in [3.8, 4) is 0 Å². The Bertz CT molecular complexity index is 530. The van der Waals surface area contributed by atoms with E-state index in [1.165, 1.54) is 37.0 Å². The number of rotatable bonds is 4. The first kappa shape index (κ1) is 15.5. The van der Waals surface area contributed by atoms with E-state index in [0.717, 1.165) is 26.1 Å². The number of amides is 1. The predicted octanol–water partition coefficient (Wildman–Crippen LogP) is 2.72. The monoisotopic (exact) mass is 336 g/mol. The third kappa shape index (κ3) is 3.16. The first-order chi connectivity index (χ1) is 11.3. The molecular weight excluding hydrogens is 312 g/mol. The number of aromatic nitrogens is 1. The molecule has 5 nitrogen and oxygen atoms in total. The number of hydrogen-bond acceptors (Lipinski definition) is 5. The molecule has 0 spiro atoms. The van der Waals surface area contributed by atoms with E-state index in [-0.39, 0.29) is 24.2 Å². The first-order valence-electron chi connectivity index (χ1n) is 8.75. The number of ether oxygens (including phenoxy) is 2. The number of hydrogen-bond donors (Lipinski definition) is 0. The molecule has 1 aromatic rings. The molecule has 1 aromatic heterocycles. The van der Waals surface area contributed by atoms with Gasteiger partial charge in [-0.2, -0.15) is 0 Å². The van der Waals surface area contributed by atoms with Crippen LogP contribution >= 0.6 is 11.3 Å². The van der Waals surface area contributed by atoms with Crippen molar-refractivity contribution in [2.75, 3.05) is 19.8 Å². The second-order valence-electron chi connectivity index (χ2n) is 6.90. The van der Waals surface area contributed by atoms with Crippen LogP contribution in [-0.2, 0) is 9.47 Å². The van der Waals surface area contributed by atoms with Crippen LogP contribution in [0.2, 0.25) is 0 Å². The largest absolute Gasteiger partial charge is 0.373 e. The zero-order chi connectivity index (χ0) is 15.6. The standard InChI is InChI=1S/C17H24N2O3S/c20-17(13-10-23-11-18-13)19-8-15(16-14(19)6-3-7-21-16)22-9-12-4-1-2-5-12/h10-12,14-16H,1-9H2/t14-,15+,16+/m0/s1. The van der Waals surface area contributed by atoms with Gasteiger partial charge in [-0.3, -0.25) is 4.79 Å². The van der Waals surface area contributed by atoms with Gasteiger partial charge in [-0.25, -0.2) is 4.98 Å². The molecule has 1 aliphatic carbocycles. The normalized spacial score (nSPS) is 31.5. The van der Waals surface area contributed by atoms with Crippen molar-refractivity contribution in [1.29, 1.82) is 0 Å². The van der Waals surface area contributed by atoms with Gasteiger partial charge in [0, 0.05) is 18.6 Å². The number of carbonyl (C=O) groups is 1. The fourth-order valence-electron chi connectivity index (χ4n) is 4.19. The highest BCUT2D eigenvalue weighted by atomic mass is 32.1. The molecule has 3 aliphatic rings. The number of thiazole rings is 1. The molecule has 2 aliphatic heterocycles. The number of fused-ring (bicyclic) bond motifs is 1. The Morgan fingerprint density at radius 2 is 2.22 bits per heavy atom. The maximum absolute atomic E-state index is 12.7. The molecule has 126 valence electrons. The van der Waals surface area contributed by atoms with Gasteiger partial charge in [-0.1, -0.05) is 12.8 Å². The second-order valence-corrected chi connectivity index (χ2v) is 7.62. The summed E-state index contributed by atoms with van der Waals surface area (Å²) in [5.74, 6) is 0.721. The molecular formula is C17H24N2O3S. The Kier molecular flexibility index (Phi) is 4.64. The molecule has 6 heteroatoms. The van der Waals surface area contributed by atoms with Crippen LogP contribution in [0, 0.1) is 5.92 Å². The first-order valence-corrected chi connectivity index (χ1v) is 9.69. The van der Waals surface area contributed by atoms with Crippen LogP contribution < -0.4 is 0 Å². The summed E-state index contributed by atoms with van der Waals surface area (Å²) in [5, 5.41) is 1.83. The molecule has 1 amide bonds. The van der Waals surface area contributed by atoms with Crippen molar-refractivity contribution in [2.45, 2.75) is 56.8 Å². The Labute approximate surface area is 141 Å². The summed E-state index contributed by atoms with van der Waals surface area (Å²) in [6.07, 6.45) is 7.29. The smallest absolute Gasteiger partial charge is 0.273 e. The van der Waals surface area contributed by atoms with Crippen molar-refractivity contribution in [1.82, 2.24) is 9.88 Å². The SMILES string of the molecule is O=C(c1cscn1)N1C[C@@H](OCC2CCCC2)[C@@H]2OCCC[C@@H]21. The van der Waals surface area contributed by atoms with E-state index in [0.29, 0.717) is 18.2 Å². The van der Waals surface area contributed by atoms with Crippen molar-refractivity contribution in [2.24, 2.45) is 5.92 Å². The number of carbonyl (C=O) groups excluding carboxylic acids is 1. The molecule has 3 fully saturated rings. The van der Waals surface area contributed by atoms with Crippen LogP contribution in [0.4, 0.5) is 0 Å². The quantitative estimate of drug-likeness (QED) is 0.848. The minimum Gasteiger partial charge on any atom is -0.373 e. The van der Waals surface area contributed by atoms with Gasteiger partial charge in [0.15, 0.2) is 0 Å². The Morgan fingerprint density at radius 3 is 3.00 bits per heavy atom. The van der Waals surface area contributed by atoms with Gasteiger partial charge in [0.25, 0.3) is 5.91 Å². The predicted molar refractivity (Wildman–Crippen MR) is 87.6 cm³/mol. The Hall–Kier alpha value is -0.980. The van der Waals surface area contributed by atoms with Gasteiger partial charge < -0.3 is 14.4 Å². The minimum atomic E-state index is 0.0171. The van der Waals surface area contributed by atoms with E-state index >= 15 is 0 Å². The third-order valence-electron chi connectivity index (χ3n) is 5.41.